The average molecular weight is 388 g/mol. The lowest BCUT2D eigenvalue weighted by atomic mass is 9.96. The SMILES string of the molecule is O=C(NCC1CCNCCC1(F)F)C(=O)NC1COc2ccc(Cl)cc21. The van der Waals surface area contributed by atoms with Crippen LogP contribution in [0.3, 0.4) is 0 Å². The molecule has 1 fully saturated rings. The van der Waals surface area contributed by atoms with Gasteiger partial charge in [-0.25, -0.2) is 8.78 Å². The molecule has 2 unspecified atom stereocenters. The van der Waals surface area contributed by atoms with Crippen LogP contribution >= 0.6 is 11.6 Å². The normalized spacial score (nSPS) is 24.1. The van der Waals surface area contributed by atoms with E-state index >= 15 is 0 Å². The zero-order valence-electron chi connectivity index (χ0n) is 14.0. The van der Waals surface area contributed by atoms with Crippen LogP contribution in [0.1, 0.15) is 24.4 Å². The number of amides is 2. The van der Waals surface area contributed by atoms with E-state index in [1.165, 1.54) is 0 Å². The number of carbonyl (C=O) groups is 2. The van der Waals surface area contributed by atoms with E-state index in [-0.39, 0.29) is 32.5 Å². The molecule has 9 heteroatoms. The molecule has 1 saturated heterocycles. The van der Waals surface area contributed by atoms with Gasteiger partial charge >= 0.3 is 11.8 Å². The van der Waals surface area contributed by atoms with Crippen molar-refractivity contribution < 1.29 is 23.1 Å². The lowest BCUT2D eigenvalue weighted by molar-refractivity contribution is -0.140. The minimum atomic E-state index is -2.87. The molecule has 6 nitrogen and oxygen atoms in total. The number of nitrogens with one attached hydrogen (secondary N) is 3. The van der Waals surface area contributed by atoms with E-state index in [0.717, 1.165) is 0 Å². The van der Waals surface area contributed by atoms with Crippen molar-refractivity contribution in [1.29, 1.82) is 0 Å². The zero-order valence-corrected chi connectivity index (χ0v) is 14.7. The first kappa shape index (κ1) is 18.8. The van der Waals surface area contributed by atoms with Gasteiger partial charge in [-0.15, -0.1) is 0 Å². The molecule has 0 bridgehead atoms. The quantitative estimate of drug-likeness (QED) is 0.689. The minimum Gasteiger partial charge on any atom is -0.491 e. The summed E-state index contributed by atoms with van der Waals surface area (Å²) in [5.41, 5.74) is 0.681. The molecule has 0 aliphatic carbocycles. The maximum atomic E-state index is 14.0. The van der Waals surface area contributed by atoms with Gasteiger partial charge in [-0.1, -0.05) is 11.6 Å². The Morgan fingerprint density at radius 2 is 2.12 bits per heavy atom. The first-order valence-corrected chi connectivity index (χ1v) is 8.84. The van der Waals surface area contributed by atoms with Crippen molar-refractivity contribution in [3.05, 3.63) is 28.8 Å². The van der Waals surface area contributed by atoms with Crippen molar-refractivity contribution in [2.45, 2.75) is 24.8 Å². The largest absolute Gasteiger partial charge is 0.491 e. The molecule has 1 aromatic rings. The molecule has 0 spiro atoms. The predicted octanol–water partition coefficient (Wildman–Crippen LogP) is 1.64. The van der Waals surface area contributed by atoms with Crippen LogP contribution in [0.15, 0.2) is 18.2 Å². The van der Waals surface area contributed by atoms with Gasteiger partial charge in [0.25, 0.3) is 5.92 Å². The molecule has 142 valence electrons. The molecule has 3 N–H and O–H groups in total. The van der Waals surface area contributed by atoms with Crippen molar-refractivity contribution in [2.24, 2.45) is 5.92 Å². The van der Waals surface area contributed by atoms with E-state index in [0.29, 0.717) is 22.9 Å². The van der Waals surface area contributed by atoms with E-state index in [1.807, 2.05) is 0 Å². The van der Waals surface area contributed by atoms with Gasteiger partial charge < -0.3 is 20.7 Å². The number of benzene rings is 1. The smallest absolute Gasteiger partial charge is 0.309 e. The van der Waals surface area contributed by atoms with E-state index in [2.05, 4.69) is 16.0 Å². The highest BCUT2D eigenvalue weighted by atomic mass is 35.5. The lowest BCUT2D eigenvalue weighted by Gasteiger charge is -2.24. The average Bonchev–Trinajstić information content (AvgIpc) is 2.89. The summed E-state index contributed by atoms with van der Waals surface area (Å²) in [6, 6.07) is 4.50. The summed E-state index contributed by atoms with van der Waals surface area (Å²) in [6.45, 7) is 0.631. The fraction of sp³-hybridized carbons (Fsp3) is 0.529. The number of rotatable bonds is 3. The molecule has 3 rings (SSSR count). The molecule has 2 aliphatic rings. The number of hydrogen-bond acceptors (Lipinski definition) is 4. The van der Waals surface area contributed by atoms with Gasteiger partial charge in [0.15, 0.2) is 0 Å². The second-order valence-corrected chi connectivity index (χ2v) is 6.91. The molecular weight excluding hydrogens is 368 g/mol. The van der Waals surface area contributed by atoms with Gasteiger partial charge in [-0.2, -0.15) is 0 Å². The maximum absolute atomic E-state index is 14.0. The standard InChI is InChI=1S/C17H20ClF2N3O3/c18-11-1-2-14-12(7-11)13(9-26-14)23-16(25)15(24)22-8-10-3-5-21-6-4-17(10,19)20/h1-2,7,10,13,21H,3-6,8-9H2,(H,22,24)(H,23,25). The summed E-state index contributed by atoms with van der Waals surface area (Å²) in [6.07, 6.45) is -0.0477. The first-order valence-electron chi connectivity index (χ1n) is 8.46. The summed E-state index contributed by atoms with van der Waals surface area (Å²) < 4.78 is 33.4. The van der Waals surface area contributed by atoms with Crippen molar-refractivity contribution in [1.82, 2.24) is 16.0 Å². The van der Waals surface area contributed by atoms with Crippen LogP contribution in [0.5, 0.6) is 5.75 Å². The lowest BCUT2D eigenvalue weighted by Crippen LogP contribution is -2.45. The van der Waals surface area contributed by atoms with Crippen LogP contribution in [0.25, 0.3) is 0 Å². The number of carbonyl (C=O) groups excluding carboxylic acids is 2. The fourth-order valence-corrected chi connectivity index (χ4v) is 3.33. The van der Waals surface area contributed by atoms with Crippen LogP contribution in [0.4, 0.5) is 8.78 Å². The Morgan fingerprint density at radius 3 is 2.92 bits per heavy atom. The highest BCUT2D eigenvalue weighted by Crippen LogP contribution is 2.34. The molecule has 2 aliphatic heterocycles. The van der Waals surface area contributed by atoms with Gasteiger partial charge in [-0.05, 0) is 31.2 Å². The Morgan fingerprint density at radius 1 is 1.31 bits per heavy atom. The summed E-state index contributed by atoms with van der Waals surface area (Å²) in [7, 11) is 0. The Bertz CT molecular complexity index is 702. The molecule has 2 amide bonds. The van der Waals surface area contributed by atoms with Crippen LogP contribution in [-0.4, -0.2) is 44.0 Å². The molecule has 2 atom stereocenters. The molecular formula is C17H20ClF2N3O3. The topological polar surface area (TPSA) is 79.5 Å². The second kappa shape index (κ2) is 7.75. The van der Waals surface area contributed by atoms with Crippen molar-refractivity contribution >= 4 is 23.4 Å². The second-order valence-electron chi connectivity index (χ2n) is 6.48. The molecule has 2 heterocycles. The first-order chi connectivity index (χ1) is 12.4. The Hall–Kier alpha value is -1.93. The van der Waals surface area contributed by atoms with Crippen molar-refractivity contribution in [3.8, 4) is 5.75 Å². The highest BCUT2D eigenvalue weighted by Gasteiger charge is 2.40. The van der Waals surface area contributed by atoms with Gasteiger partial charge in [0, 0.05) is 36.0 Å². The Balaban J connectivity index is 1.54. The zero-order chi connectivity index (χ0) is 18.7. The van der Waals surface area contributed by atoms with Gasteiger partial charge in [0.1, 0.15) is 12.4 Å². The van der Waals surface area contributed by atoms with E-state index in [9.17, 15) is 18.4 Å². The number of hydrogen-bond donors (Lipinski definition) is 3. The van der Waals surface area contributed by atoms with Crippen LogP contribution in [0.2, 0.25) is 5.02 Å². The minimum absolute atomic E-state index is 0.182. The Kier molecular flexibility index (Phi) is 5.62. The number of ether oxygens (including phenoxy) is 1. The summed E-state index contributed by atoms with van der Waals surface area (Å²) in [5, 5.41) is 8.26. The summed E-state index contributed by atoms with van der Waals surface area (Å²) in [5.74, 6) is -5.10. The van der Waals surface area contributed by atoms with Crippen molar-refractivity contribution in [2.75, 3.05) is 26.2 Å². The highest BCUT2D eigenvalue weighted by molar-refractivity contribution is 6.35. The van der Waals surface area contributed by atoms with Gasteiger partial charge in [0.05, 0.1) is 6.04 Å². The fourth-order valence-electron chi connectivity index (χ4n) is 3.15. The van der Waals surface area contributed by atoms with Crippen LogP contribution in [-0.2, 0) is 9.59 Å². The monoisotopic (exact) mass is 387 g/mol. The van der Waals surface area contributed by atoms with E-state index < -0.39 is 29.7 Å². The number of fused-ring (bicyclic) bond motifs is 1. The molecule has 0 saturated carbocycles. The third kappa shape index (κ3) is 4.24. The van der Waals surface area contributed by atoms with E-state index in [1.54, 1.807) is 18.2 Å². The van der Waals surface area contributed by atoms with Gasteiger partial charge in [-0.3, -0.25) is 9.59 Å². The maximum Gasteiger partial charge on any atom is 0.309 e. The predicted molar refractivity (Wildman–Crippen MR) is 91.4 cm³/mol. The van der Waals surface area contributed by atoms with Crippen LogP contribution in [0, 0.1) is 5.92 Å². The molecule has 0 radical (unpaired) electrons. The number of halogens is 3. The molecule has 0 aromatic heterocycles. The van der Waals surface area contributed by atoms with Crippen LogP contribution < -0.4 is 20.7 Å². The summed E-state index contributed by atoms with van der Waals surface area (Å²) >= 11 is 5.94. The molecule has 26 heavy (non-hydrogen) atoms. The van der Waals surface area contributed by atoms with Gasteiger partial charge in [0.2, 0.25) is 0 Å². The van der Waals surface area contributed by atoms with Crippen molar-refractivity contribution in [3.63, 3.8) is 0 Å². The number of alkyl halides is 2. The third-order valence-electron chi connectivity index (χ3n) is 4.68. The third-order valence-corrected chi connectivity index (χ3v) is 4.91. The Labute approximate surface area is 154 Å². The molecule has 1 aromatic carbocycles. The summed E-state index contributed by atoms with van der Waals surface area (Å²) in [4.78, 5) is 24.1. The van der Waals surface area contributed by atoms with E-state index in [4.69, 9.17) is 16.3 Å².